The van der Waals surface area contributed by atoms with Crippen molar-refractivity contribution in [2.75, 3.05) is 6.61 Å². The van der Waals surface area contributed by atoms with Crippen LogP contribution >= 0.6 is 0 Å². The van der Waals surface area contributed by atoms with Gasteiger partial charge in [-0.15, -0.1) is 0 Å². The molecule has 0 bridgehead atoms. The average molecular weight is 235 g/mol. The van der Waals surface area contributed by atoms with Crippen molar-refractivity contribution in [3.63, 3.8) is 0 Å². The van der Waals surface area contributed by atoms with Crippen LogP contribution in [0.1, 0.15) is 32.6 Å². The zero-order valence-corrected chi connectivity index (χ0v) is 10.4. The average Bonchev–Trinajstić information content (AvgIpc) is 2.74. The second-order valence-electron chi connectivity index (χ2n) is 4.57. The smallest absolute Gasteiger partial charge is 0.120 e. The van der Waals surface area contributed by atoms with E-state index in [4.69, 9.17) is 15.2 Å². The first kappa shape index (κ1) is 12.2. The Kier molecular flexibility index (Phi) is 4.26. The highest BCUT2D eigenvalue weighted by molar-refractivity contribution is 5.31. The molecule has 1 aliphatic carbocycles. The highest BCUT2D eigenvalue weighted by Crippen LogP contribution is 2.25. The van der Waals surface area contributed by atoms with Crippen molar-refractivity contribution in [3.05, 3.63) is 24.3 Å². The van der Waals surface area contributed by atoms with Gasteiger partial charge in [0.2, 0.25) is 0 Å². The Labute approximate surface area is 103 Å². The summed E-state index contributed by atoms with van der Waals surface area (Å²) in [7, 11) is 0. The van der Waals surface area contributed by atoms with Crippen LogP contribution in [-0.4, -0.2) is 18.8 Å². The van der Waals surface area contributed by atoms with E-state index >= 15 is 0 Å². The molecule has 1 saturated carbocycles. The van der Waals surface area contributed by atoms with Crippen LogP contribution in [0.2, 0.25) is 0 Å². The van der Waals surface area contributed by atoms with Gasteiger partial charge in [-0.2, -0.15) is 0 Å². The lowest BCUT2D eigenvalue weighted by Crippen LogP contribution is -2.33. The summed E-state index contributed by atoms with van der Waals surface area (Å²) in [6.07, 6.45) is 4.51. The van der Waals surface area contributed by atoms with E-state index in [1.807, 2.05) is 24.3 Å². The van der Waals surface area contributed by atoms with Crippen molar-refractivity contribution in [1.29, 1.82) is 0 Å². The lowest BCUT2D eigenvalue weighted by atomic mass is 10.2. The van der Waals surface area contributed by atoms with Gasteiger partial charge in [0.1, 0.15) is 17.6 Å². The molecule has 0 spiro atoms. The van der Waals surface area contributed by atoms with Gasteiger partial charge in [-0.05, 0) is 49.9 Å². The van der Waals surface area contributed by atoms with Crippen LogP contribution in [0.15, 0.2) is 24.3 Å². The minimum Gasteiger partial charge on any atom is -0.494 e. The molecule has 0 radical (unpaired) electrons. The summed E-state index contributed by atoms with van der Waals surface area (Å²) in [6.45, 7) is 2.85. The Hall–Kier alpha value is -1.22. The topological polar surface area (TPSA) is 44.5 Å². The van der Waals surface area contributed by atoms with Crippen molar-refractivity contribution in [2.45, 2.75) is 44.8 Å². The quantitative estimate of drug-likeness (QED) is 0.853. The van der Waals surface area contributed by atoms with Gasteiger partial charge < -0.3 is 15.2 Å². The second kappa shape index (κ2) is 5.92. The predicted octanol–water partition coefficient (Wildman–Crippen LogP) is 2.73. The Morgan fingerprint density at radius 3 is 2.47 bits per heavy atom. The molecule has 1 aliphatic rings. The molecule has 2 atom stereocenters. The molecule has 1 fully saturated rings. The number of benzene rings is 1. The molecule has 0 saturated heterocycles. The fourth-order valence-corrected chi connectivity index (χ4v) is 2.11. The number of rotatable bonds is 5. The standard InChI is InChI=1S/C14H21NO2/c1-2-10-16-11-6-8-12(9-7-11)17-14-5-3-4-13(14)15/h6-9,13-14H,2-5,10,15H2,1H3. The molecule has 1 aromatic carbocycles. The third-order valence-electron chi connectivity index (χ3n) is 3.09. The van der Waals surface area contributed by atoms with Gasteiger partial charge in [-0.25, -0.2) is 0 Å². The SMILES string of the molecule is CCCOc1ccc(OC2CCCC2N)cc1. The number of hydrogen-bond acceptors (Lipinski definition) is 3. The summed E-state index contributed by atoms with van der Waals surface area (Å²) < 4.78 is 11.4. The van der Waals surface area contributed by atoms with Gasteiger partial charge >= 0.3 is 0 Å². The Bertz CT molecular complexity index is 337. The van der Waals surface area contributed by atoms with Crippen LogP contribution in [-0.2, 0) is 0 Å². The van der Waals surface area contributed by atoms with Crippen LogP contribution in [0.4, 0.5) is 0 Å². The first-order valence-electron chi connectivity index (χ1n) is 6.44. The summed E-state index contributed by atoms with van der Waals surface area (Å²) in [5.74, 6) is 1.78. The molecule has 2 unspecified atom stereocenters. The third kappa shape index (κ3) is 3.37. The van der Waals surface area contributed by atoms with Crippen LogP contribution in [0.3, 0.4) is 0 Å². The minimum atomic E-state index is 0.178. The van der Waals surface area contributed by atoms with E-state index in [1.165, 1.54) is 6.42 Å². The van der Waals surface area contributed by atoms with Crippen molar-refractivity contribution >= 4 is 0 Å². The molecular weight excluding hydrogens is 214 g/mol. The fourth-order valence-electron chi connectivity index (χ4n) is 2.11. The van der Waals surface area contributed by atoms with E-state index in [9.17, 15) is 0 Å². The van der Waals surface area contributed by atoms with E-state index in [1.54, 1.807) is 0 Å². The predicted molar refractivity (Wildman–Crippen MR) is 68.5 cm³/mol. The Balaban J connectivity index is 1.89. The summed E-state index contributed by atoms with van der Waals surface area (Å²) >= 11 is 0. The maximum absolute atomic E-state index is 5.97. The van der Waals surface area contributed by atoms with E-state index < -0.39 is 0 Å². The first-order chi connectivity index (χ1) is 8.29. The lowest BCUT2D eigenvalue weighted by molar-refractivity contribution is 0.191. The minimum absolute atomic E-state index is 0.178. The fraction of sp³-hybridized carbons (Fsp3) is 0.571. The second-order valence-corrected chi connectivity index (χ2v) is 4.57. The van der Waals surface area contributed by atoms with Gasteiger partial charge in [0, 0.05) is 6.04 Å². The summed E-state index contributed by atoms with van der Waals surface area (Å²) in [4.78, 5) is 0. The van der Waals surface area contributed by atoms with E-state index in [-0.39, 0.29) is 12.1 Å². The number of nitrogens with two attached hydrogens (primary N) is 1. The summed E-state index contributed by atoms with van der Waals surface area (Å²) in [5.41, 5.74) is 5.97. The van der Waals surface area contributed by atoms with Gasteiger partial charge in [0.15, 0.2) is 0 Å². The van der Waals surface area contributed by atoms with E-state index in [2.05, 4.69) is 6.92 Å². The van der Waals surface area contributed by atoms with Crippen molar-refractivity contribution in [2.24, 2.45) is 5.73 Å². The molecule has 3 nitrogen and oxygen atoms in total. The Morgan fingerprint density at radius 2 is 1.88 bits per heavy atom. The Morgan fingerprint density at radius 1 is 1.18 bits per heavy atom. The normalized spacial score (nSPS) is 23.6. The maximum Gasteiger partial charge on any atom is 0.120 e. The van der Waals surface area contributed by atoms with Gasteiger partial charge in [0.25, 0.3) is 0 Å². The summed E-state index contributed by atoms with van der Waals surface area (Å²) in [6, 6.07) is 7.99. The van der Waals surface area contributed by atoms with E-state index in [0.29, 0.717) is 0 Å². The largest absolute Gasteiger partial charge is 0.494 e. The molecule has 0 aromatic heterocycles. The highest BCUT2D eigenvalue weighted by atomic mass is 16.5. The molecule has 0 heterocycles. The van der Waals surface area contributed by atoms with Gasteiger partial charge in [0.05, 0.1) is 6.61 Å². The van der Waals surface area contributed by atoms with Crippen LogP contribution < -0.4 is 15.2 Å². The lowest BCUT2D eigenvalue weighted by Gasteiger charge is -2.18. The molecule has 3 heteroatoms. The highest BCUT2D eigenvalue weighted by Gasteiger charge is 2.25. The number of ether oxygens (including phenoxy) is 2. The van der Waals surface area contributed by atoms with Crippen LogP contribution in [0.5, 0.6) is 11.5 Å². The van der Waals surface area contributed by atoms with Gasteiger partial charge in [-0.1, -0.05) is 6.92 Å². The van der Waals surface area contributed by atoms with Crippen molar-refractivity contribution in [1.82, 2.24) is 0 Å². The molecular formula is C14H21NO2. The summed E-state index contributed by atoms with van der Waals surface area (Å²) in [5, 5.41) is 0. The van der Waals surface area contributed by atoms with Crippen LogP contribution in [0, 0.1) is 0 Å². The third-order valence-corrected chi connectivity index (χ3v) is 3.09. The van der Waals surface area contributed by atoms with Crippen molar-refractivity contribution < 1.29 is 9.47 Å². The molecule has 94 valence electrons. The molecule has 17 heavy (non-hydrogen) atoms. The molecule has 2 N–H and O–H groups in total. The monoisotopic (exact) mass is 235 g/mol. The number of hydrogen-bond donors (Lipinski definition) is 1. The zero-order chi connectivity index (χ0) is 12.1. The zero-order valence-electron chi connectivity index (χ0n) is 10.4. The van der Waals surface area contributed by atoms with E-state index in [0.717, 1.165) is 37.4 Å². The molecule has 1 aromatic rings. The van der Waals surface area contributed by atoms with Gasteiger partial charge in [-0.3, -0.25) is 0 Å². The van der Waals surface area contributed by atoms with Crippen LogP contribution in [0.25, 0.3) is 0 Å². The molecule has 0 aliphatic heterocycles. The molecule has 0 amide bonds. The molecule has 2 rings (SSSR count). The first-order valence-corrected chi connectivity index (χ1v) is 6.44. The van der Waals surface area contributed by atoms with Crippen molar-refractivity contribution in [3.8, 4) is 11.5 Å². The maximum atomic E-state index is 5.97.